The maximum atomic E-state index is 5.38. The Morgan fingerprint density at radius 3 is 2.56 bits per heavy atom. The van der Waals surface area contributed by atoms with Crippen molar-refractivity contribution in [2.45, 2.75) is 33.2 Å². The molecule has 0 heterocycles. The number of benzene rings is 1. The Hall–Kier alpha value is -0.670. The molecular weight excluding hydrogens is 242 g/mol. The first-order valence-corrected chi connectivity index (χ1v) is 7.90. The zero-order chi connectivity index (χ0) is 13.5. The van der Waals surface area contributed by atoms with Gasteiger partial charge in [-0.2, -0.15) is 11.8 Å². The van der Waals surface area contributed by atoms with Crippen LogP contribution in [-0.2, 0) is 0 Å². The standard InChI is InChI=1S/C15H25NOS/c1-6-7-16-14(10-18-5)13-8-12(3)15(17-4)9-11(13)2/h8-9,14,16H,6-7,10H2,1-5H3. The Morgan fingerprint density at radius 1 is 1.28 bits per heavy atom. The van der Waals surface area contributed by atoms with Crippen molar-refractivity contribution in [1.82, 2.24) is 5.32 Å². The first kappa shape index (κ1) is 15.4. The molecule has 0 fully saturated rings. The van der Waals surface area contributed by atoms with Gasteiger partial charge >= 0.3 is 0 Å². The third-order valence-electron chi connectivity index (χ3n) is 3.13. The molecule has 1 N–H and O–H groups in total. The second-order valence-electron chi connectivity index (χ2n) is 4.64. The number of nitrogens with one attached hydrogen (secondary N) is 1. The predicted molar refractivity (Wildman–Crippen MR) is 81.9 cm³/mol. The lowest BCUT2D eigenvalue weighted by Crippen LogP contribution is -2.25. The number of hydrogen-bond donors (Lipinski definition) is 1. The van der Waals surface area contributed by atoms with Crippen LogP contribution in [0.2, 0.25) is 0 Å². The summed E-state index contributed by atoms with van der Waals surface area (Å²) < 4.78 is 5.38. The molecule has 0 aliphatic carbocycles. The van der Waals surface area contributed by atoms with Crippen LogP contribution in [0.5, 0.6) is 5.75 Å². The van der Waals surface area contributed by atoms with Gasteiger partial charge in [-0.15, -0.1) is 0 Å². The van der Waals surface area contributed by atoms with Gasteiger partial charge in [-0.05, 0) is 55.8 Å². The second-order valence-corrected chi connectivity index (χ2v) is 5.55. The molecule has 1 aromatic carbocycles. The third-order valence-corrected chi connectivity index (χ3v) is 3.80. The van der Waals surface area contributed by atoms with E-state index in [1.165, 1.54) is 23.1 Å². The molecule has 102 valence electrons. The summed E-state index contributed by atoms with van der Waals surface area (Å²) in [4.78, 5) is 0. The zero-order valence-corrected chi connectivity index (χ0v) is 13.0. The minimum atomic E-state index is 0.435. The maximum absolute atomic E-state index is 5.38. The summed E-state index contributed by atoms with van der Waals surface area (Å²) >= 11 is 1.89. The van der Waals surface area contributed by atoms with Crippen LogP contribution >= 0.6 is 11.8 Å². The van der Waals surface area contributed by atoms with Gasteiger partial charge < -0.3 is 10.1 Å². The Morgan fingerprint density at radius 2 is 2.00 bits per heavy atom. The Bertz CT molecular complexity index is 379. The smallest absolute Gasteiger partial charge is 0.122 e. The fourth-order valence-electron chi connectivity index (χ4n) is 2.15. The molecule has 0 aliphatic heterocycles. The molecule has 0 saturated carbocycles. The van der Waals surface area contributed by atoms with Crippen LogP contribution in [0.15, 0.2) is 12.1 Å². The molecule has 0 saturated heterocycles. The molecular formula is C15H25NOS. The number of aryl methyl sites for hydroxylation is 2. The summed E-state index contributed by atoms with van der Waals surface area (Å²) in [6, 6.07) is 4.84. The summed E-state index contributed by atoms with van der Waals surface area (Å²) in [6.07, 6.45) is 3.32. The summed E-state index contributed by atoms with van der Waals surface area (Å²) in [5.74, 6) is 2.08. The number of ether oxygens (including phenoxy) is 1. The van der Waals surface area contributed by atoms with Gasteiger partial charge in [0.2, 0.25) is 0 Å². The maximum Gasteiger partial charge on any atom is 0.122 e. The van der Waals surface area contributed by atoms with Crippen molar-refractivity contribution >= 4 is 11.8 Å². The first-order valence-electron chi connectivity index (χ1n) is 6.51. The molecule has 0 radical (unpaired) electrons. The fraction of sp³-hybridized carbons (Fsp3) is 0.600. The average Bonchev–Trinajstić information content (AvgIpc) is 2.37. The summed E-state index contributed by atoms with van der Waals surface area (Å²) in [5.41, 5.74) is 3.92. The van der Waals surface area contributed by atoms with E-state index in [-0.39, 0.29) is 0 Å². The highest BCUT2D eigenvalue weighted by Gasteiger charge is 2.14. The van der Waals surface area contributed by atoms with Crippen LogP contribution in [0.25, 0.3) is 0 Å². The quantitative estimate of drug-likeness (QED) is 0.813. The van der Waals surface area contributed by atoms with Crippen LogP contribution in [0.1, 0.15) is 36.1 Å². The highest BCUT2D eigenvalue weighted by molar-refractivity contribution is 7.98. The average molecular weight is 267 g/mol. The van der Waals surface area contributed by atoms with E-state index in [0.29, 0.717) is 6.04 Å². The minimum Gasteiger partial charge on any atom is -0.496 e. The summed E-state index contributed by atoms with van der Waals surface area (Å²) in [6.45, 7) is 7.54. The minimum absolute atomic E-state index is 0.435. The third kappa shape index (κ3) is 3.92. The van der Waals surface area contributed by atoms with E-state index in [9.17, 15) is 0 Å². The molecule has 1 rings (SSSR count). The van der Waals surface area contributed by atoms with E-state index in [4.69, 9.17) is 4.74 Å². The molecule has 1 aromatic rings. The SMILES string of the molecule is CCCNC(CSC)c1cc(C)c(OC)cc1C. The lowest BCUT2D eigenvalue weighted by atomic mass is 9.99. The van der Waals surface area contributed by atoms with Crippen molar-refractivity contribution in [3.8, 4) is 5.75 Å². The van der Waals surface area contributed by atoms with Crippen LogP contribution < -0.4 is 10.1 Å². The van der Waals surface area contributed by atoms with Gasteiger partial charge in [-0.3, -0.25) is 0 Å². The lowest BCUT2D eigenvalue weighted by Gasteiger charge is -2.21. The van der Waals surface area contributed by atoms with Crippen molar-refractivity contribution in [3.05, 3.63) is 28.8 Å². The van der Waals surface area contributed by atoms with E-state index in [2.05, 4.69) is 44.5 Å². The van der Waals surface area contributed by atoms with Gasteiger partial charge in [0.1, 0.15) is 5.75 Å². The molecule has 0 aliphatic rings. The van der Waals surface area contributed by atoms with Crippen LogP contribution in [0.4, 0.5) is 0 Å². The van der Waals surface area contributed by atoms with E-state index in [0.717, 1.165) is 18.0 Å². The van der Waals surface area contributed by atoms with E-state index in [1.54, 1.807) is 7.11 Å². The number of rotatable bonds is 7. The van der Waals surface area contributed by atoms with Gasteiger partial charge in [-0.25, -0.2) is 0 Å². The summed E-state index contributed by atoms with van der Waals surface area (Å²) in [7, 11) is 1.73. The Kier molecular flexibility index (Phi) is 6.58. The van der Waals surface area contributed by atoms with E-state index in [1.807, 2.05) is 11.8 Å². The van der Waals surface area contributed by atoms with Crippen LogP contribution in [0, 0.1) is 13.8 Å². The van der Waals surface area contributed by atoms with Crippen molar-refractivity contribution in [3.63, 3.8) is 0 Å². The molecule has 1 atom stereocenters. The molecule has 0 aromatic heterocycles. The van der Waals surface area contributed by atoms with Crippen molar-refractivity contribution < 1.29 is 4.74 Å². The summed E-state index contributed by atoms with van der Waals surface area (Å²) in [5, 5.41) is 3.63. The largest absolute Gasteiger partial charge is 0.496 e. The molecule has 0 bridgehead atoms. The lowest BCUT2D eigenvalue weighted by molar-refractivity contribution is 0.411. The molecule has 18 heavy (non-hydrogen) atoms. The van der Waals surface area contributed by atoms with Gasteiger partial charge in [-0.1, -0.05) is 13.0 Å². The molecule has 3 heteroatoms. The Labute approximate surface area is 116 Å². The molecule has 1 unspecified atom stereocenters. The van der Waals surface area contributed by atoms with Crippen molar-refractivity contribution in [2.75, 3.05) is 25.7 Å². The second kappa shape index (κ2) is 7.70. The molecule has 2 nitrogen and oxygen atoms in total. The normalized spacial score (nSPS) is 12.5. The van der Waals surface area contributed by atoms with E-state index >= 15 is 0 Å². The van der Waals surface area contributed by atoms with E-state index < -0.39 is 0 Å². The van der Waals surface area contributed by atoms with Gasteiger partial charge in [0, 0.05) is 11.8 Å². The molecule has 0 amide bonds. The Balaban J connectivity index is 2.99. The van der Waals surface area contributed by atoms with Gasteiger partial charge in [0.15, 0.2) is 0 Å². The monoisotopic (exact) mass is 267 g/mol. The van der Waals surface area contributed by atoms with Crippen molar-refractivity contribution in [2.24, 2.45) is 0 Å². The van der Waals surface area contributed by atoms with Gasteiger partial charge in [0.25, 0.3) is 0 Å². The fourth-order valence-corrected chi connectivity index (χ4v) is 2.78. The first-order chi connectivity index (χ1) is 8.63. The van der Waals surface area contributed by atoms with Gasteiger partial charge in [0.05, 0.1) is 7.11 Å². The van der Waals surface area contributed by atoms with Crippen LogP contribution in [0.3, 0.4) is 0 Å². The highest BCUT2D eigenvalue weighted by Crippen LogP contribution is 2.28. The predicted octanol–water partition coefficient (Wildman–Crippen LogP) is 3.72. The zero-order valence-electron chi connectivity index (χ0n) is 12.2. The van der Waals surface area contributed by atoms with Crippen LogP contribution in [-0.4, -0.2) is 25.7 Å². The molecule has 0 spiro atoms. The van der Waals surface area contributed by atoms with Crippen molar-refractivity contribution in [1.29, 1.82) is 0 Å². The highest BCUT2D eigenvalue weighted by atomic mass is 32.2. The topological polar surface area (TPSA) is 21.3 Å². The number of methoxy groups -OCH3 is 1. The number of thioether (sulfide) groups is 1. The number of hydrogen-bond acceptors (Lipinski definition) is 3.